The summed E-state index contributed by atoms with van der Waals surface area (Å²) < 4.78 is 29.1. The van der Waals surface area contributed by atoms with E-state index in [1.807, 2.05) is 6.92 Å². The molecule has 1 heterocycles. The van der Waals surface area contributed by atoms with Crippen LogP contribution in [0.1, 0.15) is 21.7 Å². The largest absolute Gasteiger partial charge is 0.475 e. The Kier molecular flexibility index (Phi) is 3.44. The summed E-state index contributed by atoms with van der Waals surface area (Å²) in [7, 11) is -3.58. The third-order valence-corrected chi connectivity index (χ3v) is 4.35. The first kappa shape index (κ1) is 13.4. The Morgan fingerprint density at radius 1 is 1.21 bits per heavy atom. The summed E-state index contributed by atoms with van der Waals surface area (Å²) in [4.78, 5) is 11.0. The molecule has 0 aliphatic heterocycles. The predicted molar refractivity (Wildman–Crippen MR) is 67.7 cm³/mol. The van der Waals surface area contributed by atoms with Crippen LogP contribution >= 0.6 is 0 Å². The minimum Gasteiger partial charge on any atom is -0.475 e. The number of benzene rings is 1. The zero-order valence-electron chi connectivity index (χ0n) is 10.2. The van der Waals surface area contributed by atoms with Crippen molar-refractivity contribution in [3.8, 4) is 0 Å². The van der Waals surface area contributed by atoms with Crippen molar-refractivity contribution >= 4 is 15.8 Å². The van der Waals surface area contributed by atoms with Crippen LogP contribution in [0, 0.1) is 6.92 Å². The lowest BCUT2D eigenvalue weighted by molar-refractivity contribution is 0.0661. The van der Waals surface area contributed by atoms with E-state index in [9.17, 15) is 13.2 Å². The summed E-state index contributed by atoms with van der Waals surface area (Å²) in [5.41, 5.74) is 1.10. The summed E-state index contributed by atoms with van der Waals surface area (Å²) in [5, 5.41) is 8.87. The summed E-state index contributed by atoms with van der Waals surface area (Å²) >= 11 is 0. The smallest absolute Gasteiger partial charge is 0.372 e. The number of carboxylic acid groups (broad SMARTS) is 1. The lowest BCUT2D eigenvalue weighted by Crippen LogP contribution is -2.08. The van der Waals surface area contributed by atoms with Gasteiger partial charge in [-0.05, 0) is 25.1 Å². The first-order valence-corrected chi connectivity index (χ1v) is 7.14. The Bertz CT molecular complexity index is 695. The molecule has 0 fully saturated rings. The summed E-state index contributed by atoms with van der Waals surface area (Å²) in [6.07, 6.45) is 1.17. The number of rotatable bonds is 4. The van der Waals surface area contributed by atoms with Gasteiger partial charge in [0.2, 0.25) is 5.76 Å². The molecule has 0 aliphatic carbocycles. The van der Waals surface area contributed by atoms with E-state index in [1.54, 1.807) is 12.1 Å². The number of furan rings is 1. The number of carboxylic acids is 1. The lowest BCUT2D eigenvalue weighted by atomic mass is 10.2. The molecule has 0 spiro atoms. The highest BCUT2D eigenvalue weighted by Gasteiger charge is 2.21. The number of aryl methyl sites for hydroxylation is 1. The van der Waals surface area contributed by atoms with Gasteiger partial charge in [0.15, 0.2) is 9.84 Å². The molecule has 19 heavy (non-hydrogen) atoms. The second-order valence-corrected chi connectivity index (χ2v) is 6.14. The van der Waals surface area contributed by atoms with Gasteiger partial charge in [0.1, 0.15) is 0 Å². The van der Waals surface area contributed by atoms with Crippen molar-refractivity contribution in [2.75, 3.05) is 0 Å². The third kappa shape index (κ3) is 2.85. The second-order valence-electron chi connectivity index (χ2n) is 4.15. The van der Waals surface area contributed by atoms with Gasteiger partial charge in [0, 0.05) is 5.56 Å². The maximum Gasteiger partial charge on any atom is 0.372 e. The fourth-order valence-electron chi connectivity index (χ4n) is 1.67. The fraction of sp³-hybridized carbons (Fsp3) is 0.154. The Morgan fingerprint density at radius 2 is 1.84 bits per heavy atom. The highest BCUT2D eigenvalue weighted by molar-refractivity contribution is 7.90. The third-order valence-electron chi connectivity index (χ3n) is 2.67. The van der Waals surface area contributed by atoms with E-state index in [-0.39, 0.29) is 16.2 Å². The predicted octanol–water partition coefficient (Wildman–Crippen LogP) is 2.26. The van der Waals surface area contributed by atoms with Gasteiger partial charge >= 0.3 is 5.97 Å². The van der Waals surface area contributed by atoms with Crippen molar-refractivity contribution in [3.63, 3.8) is 0 Å². The van der Waals surface area contributed by atoms with Gasteiger partial charge in [0.05, 0.1) is 16.9 Å². The topological polar surface area (TPSA) is 84.6 Å². The first-order valence-electron chi connectivity index (χ1n) is 5.49. The number of aromatic carboxylic acids is 1. The summed E-state index contributed by atoms with van der Waals surface area (Å²) in [6.45, 7) is 1.86. The molecule has 2 aromatic rings. The number of sulfone groups is 1. The SMILES string of the molecule is Cc1ccc(S(=O)(=O)Cc2ccoc2C(=O)O)cc1. The van der Waals surface area contributed by atoms with Crippen LogP contribution in [-0.2, 0) is 15.6 Å². The molecular weight excluding hydrogens is 268 g/mol. The molecule has 0 bridgehead atoms. The molecule has 6 heteroatoms. The highest BCUT2D eigenvalue weighted by atomic mass is 32.2. The average Bonchev–Trinajstić information content (AvgIpc) is 2.77. The summed E-state index contributed by atoms with van der Waals surface area (Å²) in [5.74, 6) is -2.01. The van der Waals surface area contributed by atoms with Gasteiger partial charge in [0.25, 0.3) is 0 Å². The van der Waals surface area contributed by atoms with Gasteiger partial charge in [-0.25, -0.2) is 13.2 Å². The van der Waals surface area contributed by atoms with E-state index < -0.39 is 21.6 Å². The van der Waals surface area contributed by atoms with Crippen molar-refractivity contribution in [1.29, 1.82) is 0 Å². The van der Waals surface area contributed by atoms with E-state index in [1.165, 1.54) is 24.5 Å². The van der Waals surface area contributed by atoms with Gasteiger partial charge < -0.3 is 9.52 Å². The minimum absolute atomic E-state index is 0.146. The van der Waals surface area contributed by atoms with Crippen LogP contribution in [0.15, 0.2) is 45.9 Å². The maximum absolute atomic E-state index is 12.2. The van der Waals surface area contributed by atoms with E-state index in [4.69, 9.17) is 9.52 Å². The van der Waals surface area contributed by atoms with Crippen LogP contribution in [0.3, 0.4) is 0 Å². The zero-order chi connectivity index (χ0) is 14.0. The molecule has 0 aliphatic rings. The molecule has 0 saturated carbocycles. The molecule has 0 unspecified atom stereocenters. The number of hydrogen-bond acceptors (Lipinski definition) is 4. The van der Waals surface area contributed by atoms with E-state index in [0.29, 0.717) is 0 Å². The molecule has 0 radical (unpaired) electrons. The van der Waals surface area contributed by atoms with Crippen molar-refractivity contribution in [1.82, 2.24) is 0 Å². The molecule has 1 aromatic carbocycles. The Labute approximate surface area is 110 Å². The maximum atomic E-state index is 12.2. The molecule has 0 atom stereocenters. The van der Waals surface area contributed by atoms with Gasteiger partial charge in [-0.3, -0.25) is 0 Å². The first-order chi connectivity index (χ1) is 8.90. The van der Waals surface area contributed by atoms with Crippen molar-refractivity contribution in [2.24, 2.45) is 0 Å². The van der Waals surface area contributed by atoms with Crippen molar-refractivity contribution in [2.45, 2.75) is 17.6 Å². The Hall–Kier alpha value is -2.08. The minimum atomic E-state index is -3.58. The average molecular weight is 280 g/mol. The molecule has 1 aromatic heterocycles. The monoisotopic (exact) mass is 280 g/mol. The molecule has 100 valence electrons. The normalized spacial score (nSPS) is 11.4. The molecule has 0 amide bonds. The van der Waals surface area contributed by atoms with E-state index in [2.05, 4.69) is 0 Å². The molecule has 1 N–H and O–H groups in total. The quantitative estimate of drug-likeness (QED) is 0.928. The van der Waals surface area contributed by atoms with E-state index in [0.717, 1.165) is 5.56 Å². The standard InChI is InChI=1S/C13H12O5S/c1-9-2-4-11(5-3-9)19(16,17)8-10-6-7-18-12(10)13(14)15/h2-7H,8H2,1H3,(H,14,15). The lowest BCUT2D eigenvalue weighted by Gasteiger charge is -2.04. The molecule has 2 rings (SSSR count). The van der Waals surface area contributed by atoms with Crippen LogP contribution in [0.4, 0.5) is 0 Å². The highest BCUT2D eigenvalue weighted by Crippen LogP contribution is 2.20. The molecular formula is C13H12O5S. The van der Waals surface area contributed by atoms with Crippen LogP contribution in [0.5, 0.6) is 0 Å². The van der Waals surface area contributed by atoms with Crippen LogP contribution in [0.2, 0.25) is 0 Å². The Balaban J connectivity index is 2.34. The number of carbonyl (C=O) groups is 1. The van der Waals surface area contributed by atoms with Crippen LogP contribution < -0.4 is 0 Å². The fourth-order valence-corrected chi connectivity index (χ4v) is 3.02. The van der Waals surface area contributed by atoms with Crippen LogP contribution in [-0.4, -0.2) is 19.5 Å². The van der Waals surface area contributed by atoms with Crippen molar-refractivity contribution in [3.05, 3.63) is 53.5 Å². The summed E-state index contributed by atoms with van der Waals surface area (Å²) in [6, 6.07) is 7.76. The zero-order valence-corrected chi connectivity index (χ0v) is 11.0. The number of hydrogen-bond donors (Lipinski definition) is 1. The second kappa shape index (κ2) is 4.89. The van der Waals surface area contributed by atoms with Gasteiger partial charge in [-0.2, -0.15) is 0 Å². The van der Waals surface area contributed by atoms with Gasteiger partial charge in [-0.1, -0.05) is 17.7 Å². The molecule has 0 saturated heterocycles. The van der Waals surface area contributed by atoms with Gasteiger partial charge in [-0.15, -0.1) is 0 Å². The van der Waals surface area contributed by atoms with Crippen molar-refractivity contribution < 1.29 is 22.7 Å². The van der Waals surface area contributed by atoms with Crippen LogP contribution in [0.25, 0.3) is 0 Å². The molecule has 5 nitrogen and oxygen atoms in total. The Morgan fingerprint density at radius 3 is 2.42 bits per heavy atom. The van der Waals surface area contributed by atoms with E-state index >= 15 is 0 Å².